The van der Waals surface area contributed by atoms with Gasteiger partial charge in [0.15, 0.2) is 0 Å². The van der Waals surface area contributed by atoms with Gasteiger partial charge in [-0.05, 0) is 30.7 Å². The van der Waals surface area contributed by atoms with Gasteiger partial charge in [0.25, 0.3) is 0 Å². The monoisotopic (exact) mass is 275 g/mol. The van der Waals surface area contributed by atoms with Gasteiger partial charge < -0.3 is 9.64 Å². The molecule has 0 bridgehead atoms. The van der Waals surface area contributed by atoms with Crippen molar-refractivity contribution >= 4 is 5.91 Å². The zero-order chi connectivity index (χ0) is 14.4. The van der Waals surface area contributed by atoms with Crippen LogP contribution in [0, 0.1) is 5.92 Å². The second-order valence-corrected chi connectivity index (χ2v) is 5.62. The van der Waals surface area contributed by atoms with Gasteiger partial charge in [-0.2, -0.15) is 0 Å². The zero-order valence-corrected chi connectivity index (χ0v) is 12.5. The molecule has 1 saturated heterocycles. The standard InChI is InChI=1S/C17H25NO2/c1-3-16(15-9-5-4-6-10-15)17(19)18-11-7-8-14(12-18)13-20-2/h4-6,9-10,14,16H,3,7-8,11-13H2,1-2H3. The first kappa shape index (κ1) is 15.0. The Balaban J connectivity index is 2.05. The van der Waals surface area contributed by atoms with Crippen molar-refractivity contribution in [2.45, 2.75) is 32.1 Å². The molecule has 2 atom stereocenters. The predicted molar refractivity (Wildman–Crippen MR) is 80.7 cm³/mol. The highest BCUT2D eigenvalue weighted by Crippen LogP contribution is 2.25. The van der Waals surface area contributed by atoms with E-state index in [2.05, 4.69) is 19.1 Å². The largest absolute Gasteiger partial charge is 0.384 e. The fourth-order valence-electron chi connectivity index (χ4n) is 3.10. The van der Waals surface area contributed by atoms with E-state index in [0.29, 0.717) is 5.92 Å². The van der Waals surface area contributed by atoms with E-state index < -0.39 is 0 Å². The summed E-state index contributed by atoms with van der Waals surface area (Å²) >= 11 is 0. The Kier molecular flexibility index (Phi) is 5.60. The molecular weight excluding hydrogens is 250 g/mol. The number of amides is 1. The van der Waals surface area contributed by atoms with E-state index in [4.69, 9.17) is 4.74 Å². The molecule has 20 heavy (non-hydrogen) atoms. The minimum absolute atomic E-state index is 0.00232. The summed E-state index contributed by atoms with van der Waals surface area (Å²) in [5.41, 5.74) is 1.13. The number of benzene rings is 1. The average molecular weight is 275 g/mol. The van der Waals surface area contributed by atoms with Gasteiger partial charge in [-0.15, -0.1) is 0 Å². The number of rotatable bonds is 5. The maximum atomic E-state index is 12.8. The number of ether oxygens (including phenoxy) is 1. The van der Waals surface area contributed by atoms with Crippen LogP contribution in [0.15, 0.2) is 30.3 Å². The molecule has 3 nitrogen and oxygen atoms in total. The zero-order valence-electron chi connectivity index (χ0n) is 12.5. The SMILES string of the molecule is CCC(C(=O)N1CCCC(COC)C1)c1ccccc1. The van der Waals surface area contributed by atoms with Crippen molar-refractivity contribution in [2.24, 2.45) is 5.92 Å². The van der Waals surface area contributed by atoms with Gasteiger partial charge >= 0.3 is 0 Å². The Bertz CT molecular complexity index is 416. The second kappa shape index (κ2) is 7.44. The number of carbonyl (C=O) groups is 1. The predicted octanol–water partition coefficient (Wildman–Crippen LogP) is 3.07. The molecule has 0 radical (unpaired) electrons. The van der Waals surface area contributed by atoms with E-state index in [-0.39, 0.29) is 11.8 Å². The molecule has 0 aliphatic carbocycles. The van der Waals surface area contributed by atoms with Crippen LogP contribution < -0.4 is 0 Å². The molecule has 0 aromatic heterocycles. The first-order valence-electron chi connectivity index (χ1n) is 7.59. The summed E-state index contributed by atoms with van der Waals surface area (Å²) in [7, 11) is 1.74. The maximum absolute atomic E-state index is 12.8. The van der Waals surface area contributed by atoms with Crippen molar-refractivity contribution in [3.05, 3.63) is 35.9 Å². The number of hydrogen-bond acceptors (Lipinski definition) is 2. The molecule has 2 unspecified atom stereocenters. The number of methoxy groups -OCH3 is 1. The molecule has 1 aromatic rings. The molecule has 2 rings (SSSR count). The van der Waals surface area contributed by atoms with Crippen LogP contribution in [-0.4, -0.2) is 37.6 Å². The molecule has 1 aliphatic heterocycles. The lowest BCUT2D eigenvalue weighted by atomic mass is 9.92. The Morgan fingerprint density at radius 2 is 2.15 bits per heavy atom. The molecule has 1 aliphatic rings. The summed E-state index contributed by atoms with van der Waals surface area (Å²) < 4.78 is 5.24. The van der Waals surface area contributed by atoms with E-state index in [1.165, 1.54) is 6.42 Å². The van der Waals surface area contributed by atoms with Crippen LogP contribution in [0.3, 0.4) is 0 Å². The number of piperidine rings is 1. The van der Waals surface area contributed by atoms with Crippen molar-refractivity contribution in [1.82, 2.24) is 4.90 Å². The molecule has 1 amide bonds. The summed E-state index contributed by atoms with van der Waals surface area (Å²) in [4.78, 5) is 14.8. The Morgan fingerprint density at radius 3 is 2.80 bits per heavy atom. The minimum atomic E-state index is -0.00232. The van der Waals surface area contributed by atoms with E-state index in [1.54, 1.807) is 7.11 Å². The van der Waals surface area contributed by atoms with Crippen LogP contribution >= 0.6 is 0 Å². The van der Waals surface area contributed by atoms with Gasteiger partial charge in [0, 0.05) is 20.2 Å². The Labute approximate surface area is 121 Å². The van der Waals surface area contributed by atoms with Crippen molar-refractivity contribution < 1.29 is 9.53 Å². The van der Waals surface area contributed by atoms with Gasteiger partial charge in [0.2, 0.25) is 5.91 Å². The molecule has 1 aromatic carbocycles. The highest BCUT2D eigenvalue weighted by molar-refractivity contribution is 5.83. The normalized spacial score (nSPS) is 20.7. The molecule has 0 N–H and O–H groups in total. The summed E-state index contributed by atoms with van der Waals surface area (Å²) in [5.74, 6) is 0.767. The van der Waals surface area contributed by atoms with Gasteiger partial charge in [0.1, 0.15) is 0 Å². The lowest BCUT2D eigenvalue weighted by Gasteiger charge is -2.34. The van der Waals surface area contributed by atoms with Crippen LogP contribution in [0.1, 0.15) is 37.7 Å². The van der Waals surface area contributed by atoms with Gasteiger partial charge in [0.05, 0.1) is 12.5 Å². The number of likely N-dealkylation sites (tertiary alicyclic amines) is 1. The van der Waals surface area contributed by atoms with Crippen LogP contribution in [-0.2, 0) is 9.53 Å². The van der Waals surface area contributed by atoms with E-state index in [0.717, 1.165) is 38.1 Å². The fraction of sp³-hybridized carbons (Fsp3) is 0.588. The van der Waals surface area contributed by atoms with Crippen molar-refractivity contribution in [1.29, 1.82) is 0 Å². The van der Waals surface area contributed by atoms with Gasteiger partial charge in [-0.3, -0.25) is 4.79 Å². The third kappa shape index (κ3) is 3.60. The molecule has 0 spiro atoms. The minimum Gasteiger partial charge on any atom is -0.384 e. The highest BCUT2D eigenvalue weighted by atomic mass is 16.5. The van der Waals surface area contributed by atoms with Crippen molar-refractivity contribution in [3.63, 3.8) is 0 Å². The Morgan fingerprint density at radius 1 is 1.40 bits per heavy atom. The topological polar surface area (TPSA) is 29.5 Å². The molecule has 1 heterocycles. The number of hydrogen-bond donors (Lipinski definition) is 0. The molecule has 3 heteroatoms. The number of carbonyl (C=O) groups excluding carboxylic acids is 1. The van der Waals surface area contributed by atoms with Crippen LogP contribution in [0.5, 0.6) is 0 Å². The van der Waals surface area contributed by atoms with E-state index >= 15 is 0 Å². The highest BCUT2D eigenvalue weighted by Gasteiger charge is 2.28. The summed E-state index contributed by atoms with van der Waals surface area (Å²) in [6.45, 7) is 4.58. The number of nitrogens with zero attached hydrogens (tertiary/aromatic N) is 1. The lowest BCUT2D eigenvalue weighted by molar-refractivity contribution is -0.135. The van der Waals surface area contributed by atoms with Crippen molar-refractivity contribution in [2.75, 3.05) is 26.8 Å². The third-order valence-electron chi connectivity index (χ3n) is 4.14. The lowest BCUT2D eigenvalue weighted by Crippen LogP contribution is -2.43. The van der Waals surface area contributed by atoms with Crippen molar-refractivity contribution in [3.8, 4) is 0 Å². The Hall–Kier alpha value is -1.35. The van der Waals surface area contributed by atoms with Gasteiger partial charge in [-0.25, -0.2) is 0 Å². The molecule has 1 fully saturated rings. The average Bonchev–Trinajstić information content (AvgIpc) is 2.50. The first-order valence-corrected chi connectivity index (χ1v) is 7.59. The smallest absolute Gasteiger partial charge is 0.230 e. The first-order chi connectivity index (χ1) is 9.76. The molecule has 110 valence electrons. The van der Waals surface area contributed by atoms with E-state index in [1.807, 2.05) is 23.1 Å². The molecular formula is C17H25NO2. The summed E-state index contributed by atoms with van der Waals surface area (Å²) in [5, 5.41) is 0. The quantitative estimate of drug-likeness (QED) is 0.826. The van der Waals surface area contributed by atoms with Crippen LogP contribution in [0.25, 0.3) is 0 Å². The fourth-order valence-corrected chi connectivity index (χ4v) is 3.10. The van der Waals surface area contributed by atoms with Crippen LogP contribution in [0.4, 0.5) is 0 Å². The maximum Gasteiger partial charge on any atom is 0.230 e. The van der Waals surface area contributed by atoms with Crippen LogP contribution in [0.2, 0.25) is 0 Å². The summed E-state index contributed by atoms with van der Waals surface area (Å²) in [6, 6.07) is 10.1. The molecule has 0 saturated carbocycles. The third-order valence-corrected chi connectivity index (χ3v) is 4.14. The van der Waals surface area contributed by atoms with E-state index in [9.17, 15) is 4.79 Å². The summed E-state index contributed by atoms with van der Waals surface area (Å²) in [6.07, 6.45) is 3.11. The second-order valence-electron chi connectivity index (χ2n) is 5.62. The van der Waals surface area contributed by atoms with Gasteiger partial charge in [-0.1, -0.05) is 37.3 Å².